The molecular formula is C15H16ClF3O. The minimum atomic E-state index is -4.14. The summed E-state index contributed by atoms with van der Waals surface area (Å²) >= 11 is 5.98. The van der Waals surface area contributed by atoms with Gasteiger partial charge in [0.05, 0.1) is 5.92 Å². The maximum Gasteiger partial charge on any atom is 0.391 e. The fraction of sp³-hybridized carbons (Fsp3) is 0.533. The minimum Gasteiger partial charge on any atom is -0.294 e. The van der Waals surface area contributed by atoms with Crippen LogP contribution in [0.4, 0.5) is 13.2 Å². The molecule has 0 aromatic heterocycles. The summed E-state index contributed by atoms with van der Waals surface area (Å²) in [6.07, 6.45) is -3.46. The molecule has 0 spiro atoms. The van der Waals surface area contributed by atoms with E-state index < -0.39 is 12.1 Å². The van der Waals surface area contributed by atoms with Crippen molar-refractivity contribution in [3.05, 3.63) is 34.3 Å². The second kappa shape index (κ2) is 5.76. The van der Waals surface area contributed by atoms with E-state index in [9.17, 15) is 18.0 Å². The molecule has 0 heterocycles. The number of halogens is 4. The lowest BCUT2D eigenvalue weighted by Crippen LogP contribution is -2.30. The molecule has 5 heteroatoms. The van der Waals surface area contributed by atoms with Crippen molar-refractivity contribution in [3.63, 3.8) is 0 Å². The third kappa shape index (κ3) is 3.35. The van der Waals surface area contributed by atoms with Crippen LogP contribution in [0.2, 0.25) is 5.02 Å². The van der Waals surface area contributed by atoms with Gasteiger partial charge in [0.25, 0.3) is 0 Å². The lowest BCUT2D eigenvalue weighted by molar-refractivity contribution is -0.183. The van der Waals surface area contributed by atoms with Gasteiger partial charge in [-0.05, 0) is 44.2 Å². The standard InChI is InChI=1S/C15H16ClF3O/c1-9-2-3-11(8-13(9)16)14(20)10-4-6-12(7-5-10)15(17,18)19/h2-3,8,10,12H,4-7H2,1H3. The first-order valence-electron chi connectivity index (χ1n) is 6.66. The number of carbonyl (C=O) groups is 1. The average Bonchev–Trinajstić information content (AvgIpc) is 2.40. The highest BCUT2D eigenvalue weighted by Crippen LogP contribution is 2.40. The highest BCUT2D eigenvalue weighted by atomic mass is 35.5. The first-order chi connectivity index (χ1) is 9.29. The second-order valence-corrected chi connectivity index (χ2v) is 5.83. The van der Waals surface area contributed by atoms with E-state index >= 15 is 0 Å². The first kappa shape index (κ1) is 15.4. The van der Waals surface area contributed by atoms with Crippen molar-refractivity contribution in [2.75, 3.05) is 0 Å². The van der Waals surface area contributed by atoms with E-state index in [1.165, 1.54) is 0 Å². The van der Waals surface area contributed by atoms with Gasteiger partial charge in [0.1, 0.15) is 0 Å². The molecule has 1 saturated carbocycles. The van der Waals surface area contributed by atoms with Crippen molar-refractivity contribution in [1.82, 2.24) is 0 Å². The molecule has 0 unspecified atom stereocenters. The Morgan fingerprint density at radius 3 is 2.30 bits per heavy atom. The summed E-state index contributed by atoms with van der Waals surface area (Å²) in [5, 5.41) is 0.514. The monoisotopic (exact) mass is 304 g/mol. The van der Waals surface area contributed by atoms with Gasteiger partial charge in [-0.1, -0.05) is 23.7 Å². The molecule has 110 valence electrons. The van der Waals surface area contributed by atoms with Gasteiger partial charge in [-0.2, -0.15) is 13.2 Å². The largest absolute Gasteiger partial charge is 0.391 e. The number of carbonyl (C=O) groups excluding carboxylic acids is 1. The van der Waals surface area contributed by atoms with Crippen molar-refractivity contribution in [1.29, 1.82) is 0 Å². The van der Waals surface area contributed by atoms with Gasteiger partial charge in [0, 0.05) is 16.5 Å². The average molecular weight is 305 g/mol. The normalized spacial score (nSPS) is 23.6. The molecule has 1 aliphatic carbocycles. The Morgan fingerprint density at radius 1 is 1.20 bits per heavy atom. The summed E-state index contributed by atoms with van der Waals surface area (Å²) in [6, 6.07) is 5.06. The van der Waals surface area contributed by atoms with Gasteiger partial charge in [-0.15, -0.1) is 0 Å². The number of ketones is 1. The first-order valence-corrected chi connectivity index (χ1v) is 7.04. The van der Waals surface area contributed by atoms with Crippen LogP contribution in [-0.2, 0) is 0 Å². The van der Waals surface area contributed by atoms with E-state index in [1.54, 1.807) is 18.2 Å². The lowest BCUT2D eigenvalue weighted by atomic mass is 9.78. The summed E-state index contributed by atoms with van der Waals surface area (Å²) in [7, 11) is 0. The maximum atomic E-state index is 12.6. The Labute approximate surface area is 121 Å². The van der Waals surface area contributed by atoms with Crippen LogP contribution in [0.3, 0.4) is 0 Å². The zero-order valence-electron chi connectivity index (χ0n) is 11.1. The van der Waals surface area contributed by atoms with E-state index in [4.69, 9.17) is 11.6 Å². The molecule has 1 aliphatic rings. The van der Waals surface area contributed by atoms with Gasteiger partial charge in [0.2, 0.25) is 0 Å². The van der Waals surface area contributed by atoms with Crippen molar-refractivity contribution in [2.45, 2.75) is 38.8 Å². The van der Waals surface area contributed by atoms with Crippen molar-refractivity contribution >= 4 is 17.4 Å². The van der Waals surface area contributed by atoms with Crippen LogP contribution in [0.1, 0.15) is 41.6 Å². The Bertz CT molecular complexity index is 502. The molecule has 1 aromatic rings. The molecule has 0 aliphatic heterocycles. The van der Waals surface area contributed by atoms with Gasteiger partial charge in [0.15, 0.2) is 5.78 Å². The molecule has 1 fully saturated rings. The van der Waals surface area contributed by atoms with Crippen LogP contribution in [-0.4, -0.2) is 12.0 Å². The number of aryl methyl sites for hydroxylation is 1. The van der Waals surface area contributed by atoms with E-state index in [0.29, 0.717) is 23.4 Å². The summed E-state index contributed by atoms with van der Waals surface area (Å²) < 4.78 is 37.8. The molecule has 1 nitrogen and oxygen atoms in total. The third-order valence-corrected chi connectivity index (χ3v) is 4.42. The molecule has 1 aromatic carbocycles. The SMILES string of the molecule is Cc1ccc(C(=O)C2CCC(C(F)(F)F)CC2)cc1Cl. The van der Waals surface area contributed by atoms with E-state index in [1.807, 2.05) is 6.92 Å². The van der Waals surface area contributed by atoms with E-state index in [0.717, 1.165) is 5.56 Å². The molecule has 0 bridgehead atoms. The van der Waals surface area contributed by atoms with Crippen LogP contribution in [0.15, 0.2) is 18.2 Å². The Hall–Kier alpha value is -1.03. The molecule has 0 N–H and O–H groups in total. The van der Waals surface area contributed by atoms with Gasteiger partial charge in [-0.25, -0.2) is 0 Å². The smallest absolute Gasteiger partial charge is 0.294 e. The number of hydrogen-bond acceptors (Lipinski definition) is 1. The number of rotatable bonds is 2. The minimum absolute atomic E-state index is 0.0412. The van der Waals surface area contributed by atoms with Crippen LogP contribution in [0.25, 0.3) is 0 Å². The van der Waals surface area contributed by atoms with Gasteiger partial charge >= 0.3 is 6.18 Å². The predicted octanol–water partition coefficient (Wildman–Crippen LogP) is 5.20. The zero-order chi connectivity index (χ0) is 14.9. The quantitative estimate of drug-likeness (QED) is 0.686. The summed E-state index contributed by atoms with van der Waals surface area (Å²) in [5.74, 6) is -1.66. The predicted molar refractivity (Wildman–Crippen MR) is 72.0 cm³/mol. The molecule has 0 saturated heterocycles. The highest BCUT2D eigenvalue weighted by molar-refractivity contribution is 6.31. The summed E-state index contributed by atoms with van der Waals surface area (Å²) in [4.78, 5) is 12.3. The fourth-order valence-electron chi connectivity index (χ4n) is 2.66. The van der Waals surface area contributed by atoms with E-state index in [-0.39, 0.29) is 24.5 Å². The Kier molecular flexibility index (Phi) is 4.43. The highest BCUT2D eigenvalue weighted by Gasteiger charge is 2.42. The van der Waals surface area contributed by atoms with Crippen LogP contribution < -0.4 is 0 Å². The van der Waals surface area contributed by atoms with Gasteiger partial charge in [-0.3, -0.25) is 4.79 Å². The number of Topliss-reactive ketones (excluding diaryl/α,β-unsaturated/α-hetero) is 1. The molecule has 20 heavy (non-hydrogen) atoms. The topological polar surface area (TPSA) is 17.1 Å². The Morgan fingerprint density at radius 2 is 1.80 bits per heavy atom. The number of hydrogen-bond donors (Lipinski definition) is 0. The number of alkyl halides is 3. The molecule has 0 radical (unpaired) electrons. The van der Waals surface area contributed by atoms with E-state index in [2.05, 4.69) is 0 Å². The number of benzene rings is 1. The second-order valence-electron chi connectivity index (χ2n) is 5.42. The molecule has 2 rings (SSSR count). The molecule has 0 atom stereocenters. The zero-order valence-corrected chi connectivity index (χ0v) is 11.9. The van der Waals surface area contributed by atoms with Crippen molar-refractivity contribution < 1.29 is 18.0 Å². The molecular weight excluding hydrogens is 289 g/mol. The van der Waals surface area contributed by atoms with Gasteiger partial charge < -0.3 is 0 Å². The van der Waals surface area contributed by atoms with Crippen LogP contribution >= 0.6 is 11.6 Å². The fourth-order valence-corrected chi connectivity index (χ4v) is 2.85. The van der Waals surface area contributed by atoms with Crippen molar-refractivity contribution in [3.8, 4) is 0 Å². The Balaban J connectivity index is 2.03. The molecule has 0 amide bonds. The summed E-state index contributed by atoms with van der Waals surface area (Å²) in [5.41, 5.74) is 1.38. The third-order valence-electron chi connectivity index (χ3n) is 4.02. The van der Waals surface area contributed by atoms with Crippen LogP contribution in [0, 0.1) is 18.8 Å². The lowest BCUT2D eigenvalue weighted by Gasteiger charge is -2.29. The maximum absolute atomic E-state index is 12.6. The summed E-state index contributed by atoms with van der Waals surface area (Å²) in [6.45, 7) is 1.84. The van der Waals surface area contributed by atoms with Crippen molar-refractivity contribution in [2.24, 2.45) is 11.8 Å². The van der Waals surface area contributed by atoms with Crippen LogP contribution in [0.5, 0.6) is 0 Å².